The van der Waals surface area contributed by atoms with Gasteiger partial charge in [-0.15, -0.1) is 0 Å². The van der Waals surface area contributed by atoms with Crippen LogP contribution in [0.4, 0.5) is 0 Å². The van der Waals surface area contributed by atoms with Gasteiger partial charge in [-0.05, 0) is 17.2 Å². The van der Waals surface area contributed by atoms with E-state index < -0.39 is 7.38 Å². The fraction of sp³-hybridized carbons (Fsp3) is 0.455. The first-order valence-electron chi connectivity index (χ1n) is 4.82. The standard InChI is InChI=1S/C11H17ClSi/c1-4-5-10-6-8-11(9-7-10)13(2,3)12/h6-9H,4-5H2,1-3H3. The lowest BCUT2D eigenvalue weighted by Gasteiger charge is -2.13. The van der Waals surface area contributed by atoms with Crippen molar-refractivity contribution in [1.29, 1.82) is 0 Å². The van der Waals surface area contributed by atoms with Gasteiger partial charge in [0.2, 0.25) is 0 Å². The Kier molecular flexibility index (Phi) is 3.57. The second kappa shape index (κ2) is 4.29. The third-order valence-electron chi connectivity index (χ3n) is 2.18. The Bertz CT molecular complexity index is 258. The van der Waals surface area contributed by atoms with Gasteiger partial charge in [-0.25, -0.2) is 0 Å². The summed E-state index contributed by atoms with van der Waals surface area (Å²) in [4.78, 5) is 0. The maximum atomic E-state index is 6.33. The molecular formula is C11H17ClSi. The summed E-state index contributed by atoms with van der Waals surface area (Å²) < 4.78 is 0. The molecule has 0 aromatic heterocycles. The highest BCUT2D eigenvalue weighted by molar-refractivity contribution is 7.26. The number of benzene rings is 1. The Labute approximate surface area is 86.6 Å². The molecule has 2 heteroatoms. The third kappa shape index (κ3) is 3.16. The Morgan fingerprint density at radius 1 is 1.15 bits per heavy atom. The van der Waals surface area contributed by atoms with Crippen LogP contribution < -0.4 is 5.19 Å². The summed E-state index contributed by atoms with van der Waals surface area (Å²) in [5.41, 5.74) is 1.42. The molecule has 0 bridgehead atoms. The van der Waals surface area contributed by atoms with Gasteiger partial charge in [0.15, 0.2) is 7.38 Å². The summed E-state index contributed by atoms with van der Waals surface area (Å²) in [5, 5.41) is 1.33. The molecule has 0 unspecified atom stereocenters. The second-order valence-electron chi connectivity index (χ2n) is 3.92. The normalized spacial score (nSPS) is 11.7. The van der Waals surface area contributed by atoms with Crippen molar-refractivity contribution in [3.63, 3.8) is 0 Å². The largest absolute Gasteiger partial charge is 0.180 e. The van der Waals surface area contributed by atoms with Gasteiger partial charge in [0.05, 0.1) is 0 Å². The number of hydrogen-bond donors (Lipinski definition) is 0. The summed E-state index contributed by atoms with van der Waals surface area (Å²) in [6, 6.07) is 8.78. The molecule has 1 rings (SSSR count). The van der Waals surface area contributed by atoms with Crippen LogP contribution in [0.25, 0.3) is 0 Å². The molecule has 0 aliphatic heterocycles. The zero-order chi connectivity index (χ0) is 9.90. The van der Waals surface area contributed by atoms with Gasteiger partial charge in [0.1, 0.15) is 0 Å². The molecule has 0 heterocycles. The Morgan fingerprint density at radius 3 is 2.08 bits per heavy atom. The van der Waals surface area contributed by atoms with Gasteiger partial charge >= 0.3 is 0 Å². The average Bonchev–Trinajstić information content (AvgIpc) is 2.04. The molecule has 0 amide bonds. The highest BCUT2D eigenvalue weighted by Gasteiger charge is 2.19. The molecule has 1 aromatic carbocycles. The first kappa shape index (κ1) is 10.8. The highest BCUT2D eigenvalue weighted by atomic mass is 35.6. The minimum absolute atomic E-state index is 1.17. The molecule has 0 radical (unpaired) electrons. The quantitative estimate of drug-likeness (QED) is 0.533. The maximum Gasteiger partial charge on any atom is 0.180 e. The molecule has 13 heavy (non-hydrogen) atoms. The van der Waals surface area contributed by atoms with Crippen molar-refractivity contribution in [3.05, 3.63) is 29.8 Å². The van der Waals surface area contributed by atoms with E-state index in [0.717, 1.165) is 0 Å². The van der Waals surface area contributed by atoms with Crippen molar-refractivity contribution >= 4 is 23.6 Å². The van der Waals surface area contributed by atoms with E-state index in [4.69, 9.17) is 11.1 Å². The van der Waals surface area contributed by atoms with Crippen molar-refractivity contribution in [3.8, 4) is 0 Å². The summed E-state index contributed by atoms with van der Waals surface area (Å²) in [5.74, 6) is 0. The maximum absolute atomic E-state index is 6.33. The van der Waals surface area contributed by atoms with E-state index in [1.807, 2.05) is 0 Å². The zero-order valence-electron chi connectivity index (χ0n) is 8.60. The predicted octanol–water partition coefficient (Wildman–Crippen LogP) is 3.29. The molecule has 0 nitrogen and oxygen atoms in total. The Hall–Kier alpha value is -0.273. The number of hydrogen-bond acceptors (Lipinski definition) is 0. The first-order chi connectivity index (χ1) is 6.04. The van der Waals surface area contributed by atoms with Gasteiger partial charge in [0.25, 0.3) is 0 Å². The molecule has 0 atom stereocenters. The lowest BCUT2D eigenvalue weighted by molar-refractivity contribution is 0.922. The monoisotopic (exact) mass is 212 g/mol. The van der Waals surface area contributed by atoms with Crippen molar-refractivity contribution in [1.82, 2.24) is 0 Å². The van der Waals surface area contributed by atoms with Gasteiger partial charge in [-0.2, -0.15) is 11.1 Å². The predicted molar refractivity (Wildman–Crippen MR) is 63.4 cm³/mol. The van der Waals surface area contributed by atoms with Crippen molar-refractivity contribution in [2.45, 2.75) is 32.9 Å². The van der Waals surface area contributed by atoms with Crippen LogP contribution in [0, 0.1) is 0 Å². The van der Waals surface area contributed by atoms with E-state index in [0.29, 0.717) is 0 Å². The first-order valence-corrected chi connectivity index (χ1v) is 8.83. The molecule has 0 aliphatic carbocycles. The molecule has 0 N–H and O–H groups in total. The van der Waals surface area contributed by atoms with Crippen molar-refractivity contribution < 1.29 is 0 Å². The molecule has 1 aromatic rings. The molecule has 0 spiro atoms. The summed E-state index contributed by atoms with van der Waals surface area (Å²) >= 11 is 6.33. The summed E-state index contributed by atoms with van der Waals surface area (Å²) in [7, 11) is -1.61. The topological polar surface area (TPSA) is 0 Å². The number of rotatable bonds is 3. The summed E-state index contributed by atoms with van der Waals surface area (Å²) in [6.45, 7) is 6.51. The third-order valence-corrected chi connectivity index (χ3v) is 4.54. The van der Waals surface area contributed by atoms with E-state index in [-0.39, 0.29) is 0 Å². The van der Waals surface area contributed by atoms with Crippen molar-refractivity contribution in [2.75, 3.05) is 0 Å². The molecular weight excluding hydrogens is 196 g/mol. The molecule has 72 valence electrons. The smallest absolute Gasteiger partial charge is 0.162 e. The van der Waals surface area contributed by atoms with E-state index in [1.54, 1.807) is 0 Å². The van der Waals surface area contributed by atoms with Crippen LogP contribution in [-0.4, -0.2) is 7.38 Å². The van der Waals surface area contributed by atoms with Gasteiger partial charge in [-0.1, -0.05) is 50.7 Å². The van der Waals surface area contributed by atoms with Crippen LogP contribution in [0.3, 0.4) is 0 Å². The van der Waals surface area contributed by atoms with E-state index in [1.165, 1.54) is 23.6 Å². The number of halogens is 1. The van der Waals surface area contributed by atoms with Crippen LogP contribution in [-0.2, 0) is 6.42 Å². The molecule has 0 saturated heterocycles. The van der Waals surface area contributed by atoms with Crippen LogP contribution >= 0.6 is 11.1 Å². The van der Waals surface area contributed by atoms with Gasteiger partial charge in [-0.3, -0.25) is 0 Å². The molecule has 0 fully saturated rings. The van der Waals surface area contributed by atoms with E-state index in [2.05, 4.69) is 44.3 Å². The molecule has 0 saturated carbocycles. The minimum atomic E-state index is -1.61. The van der Waals surface area contributed by atoms with Crippen molar-refractivity contribution in [2.24, 2.45) is 0 Å². The lowest BCUT2D eigenvalue weighted by Crippen LogP contribution is -2.34. The van der Waals surface area contributed by atoms with Crippen LogP contribution in [0.5, 0.6) is 0 Å². The Morgan fingerprint density at radius 2 is 1.69 bits per heavy atom. The Balaban J connectivity index is 2.81. The number of aryl methyl sites for hydroxylation is 1. The fourth-order valence-corrected chi connectivity index (χ4v) is 2.69. The van der Waals surface area contributed by atoms with Crippen LogP contribution in [0.15, 0.2) is 24.3 Å². The van der Waals surface area contributed by atoms with Crippen LogP contribution in [0.1, 0.15) is 18.9 Å². The van der Waals surface area contributed by atoms with Crippen LogP contribution in [0.2, 0.25) is 13.1 Å². The fourth-order valence-electron chi connectivity index (χ4n) is 1.36. The van der Waals surface area contributed by atoms with Gasteiger partial charge in [0, 0.05) is 0 Å². The SMILES string of the molecule is CCCc1ccc([Si](C)(C)Cl)cc1. The average molecular weight is 213 g/mol. The zero-order valence-corrected chi connectivity index (χ0v) is 10.4. The molecule has 0 aliphatic rings. The summed E-state index contributed by atoms with van der Waals surface area (Å²) in [6.07, 6.45) is 2.38. The van der Waals surface area contributed by atoms with Gasteiger partial charge < -0.3 is 0 Å². The second-order valence-corrected chi connectivity index (χ2v) is 10.3. The van der Waals surface area contributed by atoms with E-state index >= 15 is 0 Å². The highest BCUT2D eigenvalue weighted by Crippen LogP contribution is 2.09. The minimum Gasteiger partial charge on any atom is -0.162 e. The lowest BCUT2D eigenvalue weighted by atomic mass is 10.1. The van der Waals surface area contributed by atoms with E-state index in [9.17, 15) is 0 Å².